The summed E-state index contributed by atoms with van der Waals surface area (Å²) in [6.07, 6.45) is -1.11. The van der Waals surface area contributed by atoms with E-state index >= 15 is 0 Å². The summed E-state index contributed by atoms with van der Waals surface area (Å²) in [7, 11) is 0. The number of nitrogens with zero attached hydrogens (tertiary/aromatic N) is 5. The number of rotatable bonds is 8. The van der Waals surface area contributed by atoms with E-state index in [1.165, 1.54) is 12.1 Å². The van der Waals surface area contributed by atoms with Gasteiger partial charge in [-0.25, -0.2) is 19.7 Å². The number of amides is 1. The molecule has 1 amide bonds. The van der Waals surface area contributed by atoms with Crippen molar-refractivity contribution >= 4 is 28.7 Å². The van der Waals surface area contributed by atoms with E-state index in [-0.39, 0.29) is 28.3 Å². The number of carboxylic acid groups (broad SMARTS) is 1. The minimum atomic E-state index is -5.14. The average molecular weight is 743 g/mol. The quantitative estimate of drug-likeness (QED) is 0.183. The molecule has 16 heteroatoms. The second-order valence-electron chi connectivity index (χ2n) is 14.8. The standard InChI is InChI=1S/C37H36F6N6O4/c38-35(39,40)19-49-18-28(26-3-2-25(17-30(26)49)53-24-6-10-48(11-7-24)34-44-8-1-9-45-34)29-5-4-27(31(46-29)37(41,42)43)32(50)47-36(33(51)52)22-13-20-12-21(15-22)16-23(36)14-20/h1-5,8-9,17-18,20-24H,6-7,10-16,19H2,(H,47,50)(H,51,52). The fourth-order valence-corrected chi connectivity index (χ4v) is 9.49. The smallest absolute Gasteiger partial charge is 0.434 e. The van der Waals surface area contributed by atoms with Crippen molar-refractivity contribution in [2.24, 2.45) is 23.7 Å². The molecule has 1 aliphatic heterocycles. The first-order valence-corrected chi connectivity index (χ1v) is 17.7. The van der Waals surface area contributed by atoms with Crippen molar-refractivity contribution in [3.05, 3.63) is 66.2 Å². The van der Waals surface area contributed by atoms with Gasteiger partial charge in [-0.15, -0.1) is 0 Å². The fraction of sp³-hybridized carbons (Fsp3) is 0.486. The number of carbonyl (C=O) groups excluding carboxylic acids is 1. The number of aliphatic carboxylic acids is 1. The zero-order valence-corrected chi connectivity index (χ0v) is 28.3. The highest BCUT2D eigenvalue weighted by Gasteiger charge is 2.62. The second kappa shape index (κ2) is 12.9. The second-order valence-corrected chi connectivity index (χ2v) is 14.8. The third kappa shape index (κ3) is 6.54. The minimum absolute atomic E-state index is 0.00697. The lowest BCUT2D eigenvalue weighted by atomic mass is 9.48. The molecule has 10 nitrogen and oxygen atoms in total. The largest absolute Gasteiger partial charge is 0.490 e. The van der Waals surface area contributed by atoms with Gasteiger partial charge in [-0.1, -0.05) is 0 Å². The number of fused-ring (bicyclic) bond motifs is 1. The van der Waals surface area contributed by atoms with E-state index in [0.717, 1.165) is 29.3 Å². The van der Waals surface area contributed by atoms with Gasteiger partial charge in [0.1, 0.15) is 23.9 Å². The number of pyridine rings is 1. The number of ether oxygens (including phenoxy) is 1. The molecule has 0 radical (unpaired) electrons. The van der Waals surface area contributed by atoms with Crippen LogP contribution in [-0.4, -0.2) is 67.4 Å². The van der Waals surface area contributed by atoms with Crippen molar-refractivity contribution in [1.29, 1.82) is 0 Å². The molecular weight excluding hydrogens is 706 g/mol. The van der Waals surface area contributed by atoms with Crippen molar-refractivity contribution in [2.45, 2.75) is 75.5 Å². The summed E-state index contributed by atoms with van der Waals surface area (Å²) in [6.45, 7) is -0.214. The summed E-state index contributed by atoms with van der Waals surface area (Å²) >= 11 is 0. The number of nitrogens with one attached hydrogen (secondary N) is 1. The molecule has 0 unspecified atom stereocenters. The highest BCUT2D eigenvalue weighted by molar-refractivity contribution is 6.00. The van der Waals surface area contributed by atoms with E-state index in [1.807, 2.05) is 4.90 Å². The van der Waals surface area contributed by atoms with E-state index in [0.29, 0.717) is 75.1 Å². The lowest BCUT2D eigenvalue weighted by Gasteiger charge is -2.59. The van der Waals surface area contributed by atoms with Gasteiger partial charge in [0, 0.05) is 61.5 Å². The number of aromatic nitrogens is 4. The van der Waals surface area contributed by atoms with Crippen molar-refractivity contribution in [3.63, 3.8) is 0 Å². The van der Waals surface area contributed by atoms with Gasteiger partial charge in [-0.3, -0.25) is 4.79 Å². The van der Waals surface area contributed by atoms with Gasteiger partial charge in [0.25, 0.3) is 5.91 Å². The number of hydrogen-bond donors (Lipinski definition) is 2. The predicted molar refractivity (Wildman–Crippen MR) is 179 cm³/mol. The van der Waals surface area contributed by atoms with Crippen molar-refractivity contribution in [2.75, 3.05) is 18.0 Å². The van der Waals surface area contributed by atoms with Crippen LogP contribution >= 0.6 is 0 Å². The monoisotopic (exact) mass is 742 g/mol. The average Bonchev–Trinajstić information content (AvgIpc) is 3.45. The van der Waals surface area contributed by atoms with E-state index in [4.69, 9.17) is 4.74 Å². The number of anilines is 1. The lowest BCUT2D eigenvalue weighted by molar-refractivity contribution is -0.163. The van der Waals surface area contributed by atoms with Crippen LogP contribution in [0.25, 0.3) is 22.2 Å². The Morgan fingerprint density at radius 3 is 2.19 bits per heavy atom. The highest BCUT2D eigenvalue weighted by Crippen LogP contribution is 2.58. The maximum atomic E-state index is 14.6. The van der Waals surface area contributed by atoms with Crippen LogP contribution in [-0.2, 0) is 17.5 Å². The maximum absolute atomic E-state index is 14.6. The van der Waals surface area contributed by atoms with Crippen LogP contribution in [0.4, 0.5) is 32.3 Å². The Morgan fingerprint density at radius 2 is 1.58 bits per heavy atom. The molecule has 4 saturated carbocycles. The van der Waals surface area contributed by atoms with Gasteiger partial charge >= 0.3 is 18.3 Å². The molecule has 1 aromatic carbocycles. The molecular formula is C37H36F6N6O4. The summed E-state index contributed by atoms with van der Waals surface area (Å²) < 4.78 is 92.2. The molecule has 3 aromatic heterocycles. The van der Waals surface area contributed by atoms with Crippen LogP contribution < -0.4 is 15.0 Å². The van der Waals surface area contributed by atoms with E-state index in [9.17, 15) is 41.0 Å². The number of carboxylic acids is 1. The number of carbonyl (C=O) groups is 2. The van der Waals surface area contributed by atoms with Crippen molar-refractivity contribution < 1.29 is 45.8 Å². The van der Waals surface area contributed by atoms with E-state index < -0.39 is 59.4 Å². The van der Waals surface area contributed by atoms with Gasteiger partial charge in [-0.2, -0.15) is 26.3 Å². The lowest BCUT2D eigenvalue weighted by Crippen LogP contribution is -2.70. The third-order valence-corrected chi connectivity index (χ3v) is 11.6. The molecule has 4 heterocycles. The molecule has 0 spiro atoms. The zero-order chi connectivity index (χ0) is 37.3. The highest BCUT2D eigenvalue weighted by atomic mass is 19.4. The Bertz CT molecular complexity index is 2010. The first kappa shape index (κ1) is 35.2. The van der Waals surface area contributed by atoms with Crippen LogP contribution in [0.5, 0.6) is 5.75 Å². The normalized spacial score (nSPS) is 25.9. The molecule has 2 N–H and O–H groups in total. The molecule has 1 saturated heterocycles. The Hall–Kier alpha value is -4.89. The SMILES string of the molecule is O=C(NC1(C(=O)O)C2CC3CC(C2)CC1C3)c1ccc(-c2cn(CC(F)(F)F)c3cc(OC4CCN(c5ncccn5)CC4)ccc23)nc1C(F)(F)F. The molecule has 5 aliphatic rings. The minimum Gasteiger partial charge on any atom is -0.490 e. The molecule has 53 heavy (non-hydrogen) atoms. The summed E-state index contributed by atoms with van der Waals surface area (Å²) in [4.78, 5) is 40.8. The molecule has 4 aliphatic carbocycles. The van der Waals surface area contributed by atoms with Gasteiger partial charge in [0.15, 0.2) is 5.69 Å². The maximum Gasteiger partial charge on any atom is 0.434 e. The van der Waals surface area contributed by atoms with Gasteiger partial charge in [0.2, 0.25) is 5.95 Å². The first-order chi connectivity index (χ1) is 25.2. The molecule has 4 aromatic rings. The number of alkyl halides is 6. The van der Waals surface area contributed by atoms with E-state index in [1.54, 1.807) is 24.5 Å². The first-order valence-electron chi connectivity index (χ1n) is 17.7. The summed E-state index contributed by atoms with van der Waals surface area (Å²) in [5.41, 5.74) is -4.33. The topological polar surface area (TPSA) is 122 Å². The van der Waals surface area contributed by atoms with Gasteiger partial charge < -0.3 is 24.6 Å². The van der Waals surface area contributed by atoms with Crippen LogP contribution in [0.3, 0.4) is 0 Å². The fourth-order valence-electron chi connectivity index (χ4n) is 9.49. The van der Waals surface area contributed by atoms with Crippen LogP contribution in [0.1, 0.15) is 61.0 Å². The van der Waals surface area contributed by atoms with Crippen molar-refractivity contribution in [3.8, 4) is 17.0 Å². The Labute approximate surface area is 299 Å². The van der Waals surface area contributed by atoms with E-state index in [2.05, 4.69) is 20.3 Å². The van der Waals surface area contributed by atoms with Crippen LogP contribution in [0.15, 0.2) is 55.0 Å². The molecule has 9 rings (SSSR count). The summed E-state index contributed by atoms with van der Waals surface area (Å²) in [6, 6.07) is 8.26. The molecule has 4 bridgehead atoms. The van der Waals surface area contributed by atoms with Gasteiger partial charge in [0.05, 0.1) is 16.8 Å². The summed E-state index contributed by atoms with van der Waals surface area (Å²) in [5, 5.41) is 13.2. The Morgan fingerprint density at radius 1 is 0.925 bits per heavy atom. The van der Waals surface area contributed by atoms with Crippen LogP contribution in [0, 0.1) is 23.7 Å². The molecule has 280 valence electrons. The number of benzene rings is 1. The number of hydrogen-bond acceptors (Lipinski definition) is 7. The Balaban J connectivity index is 1.09. The Kier molecular flexibility index (Phi) is 8.56. The van der Waals surface area contributed by atoms with Crippen LogP contribution in [0.2, 0.25) is 0 Å². The zero-order valence-electron chi connectivity index (χ0n) is 28.3. The third-order valence-electron chi connectivity index (χ3n) is 11.6. The molecule has 0 atom stereocenters. The summed E-state index contributed by atoms with van der Waals surface area (Å²) in [5.74, 6) is -1.69. The van der Waals surface area contributed by atoms with Crippen molar-refractivity contribution in [1.82, 2.24) is 24.8 Å². The number of halogens is 6. The molecule has 5 fully saturated rings. The number of piperidine rings is 1. The van der Waals surface area contributed by atoms with Gasteiger partial charge in [-0.05, 0) is 86.1 Å². The predicted octanol–water partition coefficient (Wildman–Crippen LogP) is 7.13.